The van der Waals surface area contributed by atoms with Crippen LogP contribution in [0.1, 0.15) is 39.0 Å². The quantitative estimate of drug-likeness (QED) is 0.456. The van der Waals surface area contributed by atoms with Gasteiger partial charge in [-0.3, -0.25) is 0 Å². The van der Waals surface area contributed by atoms with Gasteiger partial charge in [0.15, 0.2) is 0 Å². The second kappa shape index (κ2) is 13.9. The van der Waals surface area contributed by atoms with Gasteiger partial charge in [-0.05, 0) is 26.2 Å². The number of unbranched alkanes of at least 4 members (excludes halogenated alkanes) is 4. The van der Waals surface area contributed by atoms with Crippen molar-refractivity contribution in [1.82, 2.24) is 0 Å². The third-order valence-electron chi connectivity index (χ3n) is 2.16. The zero-order valence-electron chi connectivity index (χ0n) is 10.3. The van der Waals surface area contributed by atoms with Gasteiger partial charge in [-0.25, -0.2) is 0 Å². The molecule has 1 N–H and O–H groups in total. The molecule has 16 heavy (non-hydrogen) atoms. The number of aliphatic hydroxyl groups excluding tert-OH is 1. The summed E-state index contributed by atoms with van der Waals surface area (Å²) in [6, 6.07) is 0. The van der Waals surface area contributed by atoms with Crippen LogP contribution in [0.15, 0.2) is 48.6 Å². The third kappa shape index (κ3) is 12.9. The molecule has 0 amide bonds. The predicted octanol–water partition coefficient (Wildman–Crippen LogP) is 4.17. The van der Waals surface area contributed by atoms with E-state index in [1.54, 1.807) is 0 Å². The van der Waals surface area contributed by atoms with Gasteiger partial charge in [0.25, 0.3) is 0 Å². The Hall–Kier alpha value is -1.08. The van der Waals surface area contributed by atoms with Crippen LogP contribution in [0.25, 0.3) is 0 Å². The summed E-state index contributed by atoms with van der Waals surface area (Å²) in [5, 5.41) is 8.59. The standard InChI is InChI=1S/C15H24O/c1-2-3-4-5-6-7-8-9-10-11-12-13-14-15-16/h2-9,16H,10-15H2,1H3/b3-2-,5-4-,7-6-,9-8-. The Kier molecular flexibility index (Phi) is 13.0. The summed E-state index contributed by atoms with van der Waals surface area (Å²) < 4.78 is 0. The van der Waals surface area contributed by atoms with Gasteiger partial charge in [-0.1, -0.05) is 61.4 Å². The lowest BCUT2D eigenvalue weighted by Gasteiger charge is -1.94. The van der Waals surface area contributed by atoms with E-state index >= 15 is 0 Å². The maximum atomic E-state index is 8.59. The Morgan fingerprint density at radius 3 is 2.06 bits per heavy atom. The first kappa shape index (κ1) is 14.9. The number of hydrogen-bond donors (Lipinski definition) is 1. The highest BCUT2D eigenvalue weighted by Gasteiger charge is 1.85. The Labute approximate surface area is 99.9 Å². The molecule has 0 spiro atoms. The molecule has 0 heterocycles. The van der Waals surface area contributed by atoms with Gasteiger partial charge in [0.05, 0.1) is 0 Å². The molecule has 0 rings (SSSR count). The SMILES string of the molecule is C\C=C/C=C\C=C/C=C\CCCCCCO. The maximum absolute atomic E-state index is 8.59. The average Bonchev–Trinajstić information content (AvgIpc) is 2.31. The summed E-state index contributed by atoms with van der Waals surface area (Å²) in [5.74, 6) is 0. The van der Waals surface area contributed by atoms with Crippen molar-refractivity contribution in [1.29, 1.82) is 0 Å². The van der Waals surface area contributed by atoms with E-state index in [0.717, 1.165) is 19.3 Å². The second-order valence-corrected chi connectivity index (χ2v) is 3.65. The average molecular weight is 220 g/mol. The van der Waals surface area contributed by atoms with Gasteiger partial charge in [0.1, 0.15) is 0 Å². The lowest BCUT2D eigenvalue weighted by Crippen LogP contribution is -1.82. The minimum atomic E-state index is 0.330. The van der Waals surface area contributed by atoms with Gasteiger partial charge in [0, 0.05) is 6.61 Å². The number of rotatable bonds is 9. The molecule has 0 radical (unpaired) electrons. The molecule has 0 aliphatic heterocycles. The largest absolute Gasteiger partial charge is 0.396 e. The molecule has 90 valence electrons. The number of hydrogen-bond acceptors (Lipinski definition) is 1. The fourth-order valence-corrected chi connectivity index (χ4v) is 1.27. The first-order valence-corrected chi connectivity index (χ1v) is 6.14. The minimum absolute atomic E-state index is 0.330. The lowest BCUT2D eigenvalue weighted by atomic mass is 10.1. The van der Waals surface area contributed by atoms with Crippen LogP contribution in [-0.2, 0) is 0 Å². The van der Waals surface area contributed by atoms with E-state index in [0.29, 0.717) is 6.61 Å². The van der Waals surface area contributed by atoms with Crippen LogP contribution in [0.5, 0.6) is 0 Å². The summed E-state index contributed by atoms with van der Waals surface area (Å²) >= 11 is 0. The van der Waals surface area contributed by atoms with Crippen molar-refractivity contribution < 1.29 is 5.11 Å². The topological polar surface area (TPSA) is 20.2 Å². The van der Waals surface area contributed by atoms with Crippen LogP contribution in [0, 0.1) is 0 Å². The van der Waals surface area contributed by atoms with Crippen molar-refractivity contribution in [3.63, 3.8) is 0 Å². The van der Waals surface area contributed by atoms with Crippen molar-refractivity contribution >= 4 is 0 Å². The van der Waals surface area contributed by atoms with Crippen molar-refractivity contribution in [2.24, 2.45) is 0 Å². The first-order valence-electron chi connectivity index (χ1n) is 6.14. The summed E-state index contributed by atoms with van der Waals surface area (Å²) in [7, 11) is 0. The highest BCUT2D eigenvalue weighted by molar-refractivity contribution is 5.14. The van der Waals surface area contributed by atoms with Crippen molar-refractivity contribution in [3.8, 4) is 0 Å². The Balaban J connectivity index is 3.33. The molecule has 0 atom stereocenters. The molecule has 0 bridgehead atoms. The minimum Gasteiger partial charge on any atom is -0.396 e. The third-order valence-corrected chi connectivity index (χ3v) is 2.16. The normalized spacial score (nSPS) is 12.9. The fourth-order valence-electron chi connectivity index (χ4n) is 1.27. The highest BCUT2D eigenvalue weighted by atomic mass is 16.2. The smallest absolute Gasteiger partial charge is 0.0431 e. The van der Waals surface area contributed by atoms with E-state index < -0.39 is 0 Å². The van der Waals surface area contributed by atoms with E-state index in [2.05, 4.69) is 12.2 Å². The van der Waals surface area contributed by atoms with Gasteiger partial charge in [-0.2, -0.15) is 0 Å². The van der Waals surface area contributed by atoms with Crippen LogP contribution in [0.4, 0.5) is 0 Å². The maximum Gasteiger partial charge on any atom is 0.0431 e. The summed E-state index contributed by atoms with van der Waals surface area (Å²) in [6.45, 7) is 2.34. The van der Waals surface area contributed by atoms with Gasteiger partial charge < -0.3 is 5.11 Å². The van der Waals surface area contributed by atoms with Crippen molar-refractivity contribution in [2.45, 2.75) is 39.0 Å². The molecular weight excluding hydrogens is 196 g/mol. The molecule has 0 unspecified atom stereocenters. The molecule has 0 aromatic rings. The molecule has 0 fully saturated rings. The van der Waals surface area contributed by atoms with Crippen molar-refractivity contribution in [3.05, 3.63) is 48.6 Å². The monoisotopic (exact) mass is 220 g/mol. The van der Waals surface area contributed by atoms with Crippen LogP contribution < -0.4 is 0 Å². The molecule has 0 saturated carbocycles. The zero-order valence-corrected chi connectivity index (χ0v) is 10.3. The van der Waals surface area contributed by atoms with E-state index in [1.807, 2.05) is 43.4 Å². The molecular formula is C15H24O. The summed E-state index contributed by atoms with van der Waals surface area (Å²) in [5.41, 5.74) is 0. The summed E-state index contributed by atoms with van der Waals surface area (Å²) in [4.78, 5) is 0. The number of allylic oxidation sites excluding steroid dienone is 8. The molecule has 0 aromatic heterocycles. The molecule has 1 nitrogen and oxygen atoms in total. The van der Waals surface area contributed by atoms with Crippen molar-refractivity contribution in [2.75, 3.05) is 6.61 Å². The van der Waals surface area contributed by atoms with Crippen LogP contribution >= 0.6 is 0 Å². The second-order valence-electron chi connectivity index (χ2n) is 3.65. The Morgan fingerprint density at radius 2 is 1.38 bits per heavy atom. The highest BCUT2D eigenvalue weighted by Crippen LogP contribution is 2.02. The van der Waals surface area contributed by atoms with Crippen LogP contribution in [-0.4, -0.2) is 11.7 Å². The van der Waals surface area contributed by atoms with Crippen LogP contribution in [0.3, 0.4) is 0 Å². The molecule has 1 heteroatoms. The Morgan fingerprint density at radius 1 is 0.750 bits per heavy atom. The first-order chi connectivity index (χ1) is 7.91. The molecule has 0 aliphatic carbocycles. The van der Waals surface area contributed by atoms with Gasteiger partial charge in [0.2, 0.25) is 0 Å². The molecule has 0 saturated heterocycles. The van der Waals surface area contributed by atoms with E-state index in [9.17, 15) is 0 Å². The van der Waals surface area contributed by atoms with E-state index in [1.165, 1.54) is 12.8 Å². The fraction of sp³-hybridized carbons (Fsp3) is 0.467. The summed E-state index contributed by atoms with van der Waals surface area (Å²) in [6.07, 6.45) is 22.1. The number of aliphatic hydroxyl groups is 1. The van der Waals surface area contributed by atoms with Gasteiger partial charge in [-0.15, -0.1) is 0 Å². The lowest BCUT2D eigenvalue weighted by molar-refractivity contribution is 0.282. The van der Waals surface area contributed by atoms with E-state index in [4.69, 9.17) is 5.11 Å². The van der Waals surface area contributed by atoms with Gasteiger partial charge >= 0.3 is 0 Å². The molecule has 0 aliphatic rings. The predicted molar refractivity (Wildman–Crippen MR) is 72.4 cm³/mol. The van der Waals surface area contributed by atoms with Crippen LogP contribution in [0.2, 0.25) is 0 Å². The zero-order chi connectivity index (χ0) is 11.9. The Bertz CT molecular complexity index is 234. The van der Waals surface area contributed by atoms with E-state index in [-0.39, 0.29) is 0 Å². The molecule has 0 aromatic carbocycles.